The molecule has 0 spiro atoms. The molecule has 0 radical (unpaired) electrons. The predicted molar refractivity (Wildman–Crippen MR) is 79.1 cm³/mol. The number of carbonyl (C=O) groups is 1. The molecule has 2 heterocycles. The SMILES string of the molecule is CCn1ncc(C(C)NC(=O)Cn2cc(Br)cn2)c1C. The minimum absolute atomic E-state index is 0.0678. The molecule has 20 heavy (non-hydrogen) atoms. The number of amides is 1. The Morgan fingerprint density at radius 1 is 1.45 bits per heavy atom. The summed E-state index contributed by atoms with van der Waals surface area (Å²) in [6, 6.07) is -0.0678. The number of halogens is 1. The van der Waals surface area contributed by atoms with Crippen molar-refractivity contribution in [2.45, 2.75) is 39.9 Å². The van der Waals surface area contributed by atoms with Gasteiger partial charge in [0.1, 0.15) is 6.54 Å². The Labute approximate surface area is 126 Å². The second-order valence-corrected chi connectivity index (χ2v) is 5.56. The van der Waals surface area contributed by atoms with Gasteiger partial charge >= 0.3 is 0 Å². The zero-order valence-corrected chi connectivity index (χ0v) is 13.4. The van der Waals surface area contributed by atoms with E-state index in [0.29, 0.717) is 0 Å². The monoisotopic (exact) mass is 339 g/mol. The summed E-state index contributed by atoms with van der Waals surface area (Å²) in [6.45, 7) is 7.05. The highest BCUT2D eigenvalue weighted by molar-refractivity contribution is 9.10. The average molecular weight is 340 g/mol. The zero-order valence-electron chi connectivity index (χ0n) is 11.8. The summed E-state index contributed by atoms with van der Waals surface area (Å²) in [6.07, 6.45) is 5.24. The fourth-order valence-electron chi connectivity index (χ4n) is 2.14. The first kappa shape index (κ1) is 14.8. The van der Waals surface area contributed by atoms with E-state index < -0.39 is 0 Å². The Morgan fingerprint density at radius 2 is 2.20 bits per heavy atom. The molecule has 6 nitrogen and oxygen atoms in total. The van der Waals surface area contributed by atoms with Crippen molar-refractivity contribution in [1.29, 1.82) is 0 Å². The molecule has 0 aliphatic heterocycles. The molecule has 0 aliphatic carbocycles. The molecule has 7 heteroatoms. The third kappa shape index (κ3) is 3.27. The van der Waals surface area contributed by atoms with Crippen molar-refractivity contribution < 1.29 is 4.79 Å². The van der Waals surface area contributed by atoms with Gasteiger partial charge in [0.15, 0.2) is 0 Å². The van der Waals surface area contributed by atoms with Gasteiger partial charge in [0.25, 0.3) is 0 Å². The van der Waals surface area contributed by atoms with Crippen molar-refractivity contribution in [2.75, 3.05) is 0 Å². The molecule has 1 atom stereocenters. The highest BCUT2D eigenvalue weighted by atomic mass is 79.9. The first-order valence-corrected chi connectivity index (χ1v) is 7.30. The van der Waals surface area contributed by atoms with Crippen LogP contribution in [0.4, 0.5) is 0 Å². The Bertz CT molecular complexity index is 604. The van der Waals surface area contributed by atoms with Gasteiger partial charge in [-0.1, -0.05) is 0 Å². The molecule has 2 aromatic heterocycles. The third-order valence-electron chi connectivity index (χ3n) is 3.19. The summed E-state index contributed by atoms with van der Waals surface area (Å²) in [5, 5.41) is 11.3. The maximum absolute atomic E-state index is 12.0. The van der Waals surface area contributed by atoms with E-state index in [4.69, 9.17) is 0 Å². The van der Waals surface area contributed by atoms with Crippen LogP contribution in [0.3, 0.4) is 0 Å². The van der Waals surface area contributed by atoms with E-state index >= 15 is 0 Å². The van der Waals surface area contributed by atoms with E-state index in [1.807, 2.05) is 31.6 Å². The number of aryl methyl sites for hydroxylation is 1. The zero-order chi connectivity index (χ0) is 14.7. The van der Waals surface area contributed by atoms with Gasteiger partial charge in [0.2, 0.25) is 5.91 Å². The third-order valence-corrected chi connectivity index (χ3v) is 3.60. The number of rotatable bonds is 5. The first-order valence-electron chi connectivity index (χ1n) is 6.51. The van der Waals surface area contributed by atoms with Crippen molar-refractivity contribution in [3.8, 4) is 0 Å². The van der Waals surface area contributed by atoms with Gasteiger partial charge in [-0.05, 0) is 36.7 Å². The van der Waals surface area contributed by atoms with Crippen LogP contribution in [-0.4, -0.2) is 25.5 Å². The summed E-state index contributed by atoms with van der Waals surface area (Å²) in [4.78, 5) is 12.0. The molecule has 0 saturated heterocycles. The van der Waals surface area contributed by atoms with E-state index in [1.54, 1.807) is 17.1 Å². The number of nitrogens with zero attached hydrogens (tertiary/aromatic N) is 4. The van der Waals surface area contributed by atoms with Gasteiger partial charge in [-0.15, -0.1) is 0 Å². The van der Waals surface area contributed by atoms with Crippen LogP contribution in [0.1, 0.15) is 31.1 Å². The number of nitrogens with one attached hydrogen (secondary N) is 1. The van der Waals surface area contributed by atoms with Crippen molar-refractivity contribution in [2.24, 2.45) is 0 Å². The Balaban J connectivity index is 1.98. The lowest BCUT2D eigenvalue weighted by molar-refractivity contribution is -0.122. The van der Waals surface area contributed by atoms with Gasteiger partial charge in [-0.25, -0.2) is 0 Å². The van der Waals surface area contributed by atoms with Crippen LogP contribution < -0.4 is 5.32 Å². The largest absolute Gasteiger partial charge is 0.348 e. The molecule has 2 aromatic rings. The normalized spacial score (nSPS) is 12.4. The quantitative estimate of drug-likeness (QED) is 0.906. The molecule has 0 aliphatic rings. The molecule has 108 valence electrons. The lowest BCUT2D eigenvalue weighted by atomic mass is 10.1. The second kappa shape index (κ2) is 6.21. The van der Waals surface area contributed by atoms with Crippen molar-refractivity contribution >= 4 is 21.8 Å². The molecule has 0 bridgehead atoms. The lowest BCUT2D eigenvalue weighted by Gasteiger charge is -2.14. The molecular weight excluding hydrogens is 322 g/mol. The molecular formula is C13H18BrN5O. The minimum Gasteiger partial charge on any atom is -0.348 e. The molecule has 1 unspecified atom stereocenters. The molecule has 2 rings (SSSR count). The fraction of sp³-hybridized carbons (Fsp3) is 0.462. The van der Waals surface area contributed by atoms with Crippen molar-refractivity contribution in [3.05, 3.63) is 34.3 Å². The summed E-state index contributed by atoms with van der Waals surface area (Å²) in [7, 11) is 0. The van der Waals surface area contributed by atoms with Crippen LogP contribution in [-0.2, 0) is 17.9 Å². The Hall–Kier alpha value is -1.63. The Kier molecular flexibility index (Phi) is 4.59. The lowest BCUT2D eigenvalue weighted by Crippen LogP contribution is -2.30. The molecule has 0 aromatic carbocycles. The van der Waals surface area contributed by atoms with E-state index in [1.165, 1.54) is 0 Å². The second-order valence-electron chi connectivity index (χ2n) is 4.65. The summed E-state index contributed by atoms with van der Waals surface area (Å²) < 4.78 is 4.37. The summed E-state index contributed by atoms with van der Waals surface area (Å²) in [5.74, 6) is -0.0725. The van der Waals surface area contributed by atoms with Gasteiger partial charge < -0.3 is 5.32 Å². The van der Waals surface area contributed by atoms with E-state index in [2.05, 4.69) is 31.4 Å². The predicted octanol–water partition coefficient (Wildman–Crippen LogP) is 2.05. The standard InChI is InChI=1S/C13H18BrN5O/c1-4-19-10(3)12(6-16-19)9(2)17-13(20)8-18-7-11(14)5-15-18/h5-7,9H,4,8H2,1-3H3,(H,17,20). The van der Waals surface area contributed by atoms with Crippen LogP contribution in [0, 0.1) is 6.92 Å². The average Bonchev–Trinajstić information content (AvgIpc) is 2.95. The fourth-order valence-corrected chi connectivity index (χ4v) is 2.47. The highest BCUT2D eigenvalue weighted by Crippen LogP contribution is 2.16. The number of hydrogen-bond acceptors (Lipinski definition) is 3. The number of aromatic nitrogens is 4. The van der Waals surface area contributed by atoms with E-state index in [9.17, 15) is 4.79 Å². The molecule has 1 amide bonds. The van der Waals surface area contributed by atoms with Crippen LogP contribution >= 0.6 is 15.9 Å². The van der Waals surface area contributed by atoms with Crippen LogP contribution in [0.15, 0.2) is 23.1 Å². The maximum atomic E-state index is 12.0. The van der Waals surface area contributed by atoms with Gasteiger partial charge in [-0.2, -0.15) is 10.2 Å². The number of hydrogen-bond donors (Lipinski definition) is 1. The van der Waals surface area contributed by atoms with Gasteiger partial charge in [-0.3, -0.25) is 14.2 Å². The summed E-state index contributed by atoms with van der Waals surface area (Å²) >= 11 is 3.30. The van der Waals surface area contributed by atoms with Crippen LogP contribution in [0.25, 0.3) is 0 Å². The summed E-state index contributed by atoms with van der Waals surface area (Å²) in [5.41, 5.74) is 2.13. The molecule has 0 saturated carbocycles. The molecule has 1 N–H and O–H groups in total. The minimum atomic E-state index is -0.0725. The highest BCUT2D eigenvalue weighted by Gasteiger charge is 2.15. The number of carbonyl (C=O) groups excluding carboxylic acids is 1. The van der Waals surface area contributed by atoms with Crippen LogP contribution in [0.5, 0.6) is 0 Å². The van der Waals surface area contributed by atoms with Gasteiger partial charge in [0.05, 0.1) is 22.9 Å². The maximum Gasteiger partial charge on any atom is 0.242 e. The first-order chi connectivity index (χ1) is 9.51. The van der Waals surface area contributed by atoms with Crippen molar-refractivity contribution in [1.82, 2.24) is 24.9 Å². The van der Waals surface area contributed by atoms with E-state index in [0.717, 1.165) is 22.3 Å². The molecule has 0 fully saturated rings. The Morgan fingerprint density at radius 3 is 2.75 bits per heavy atom. The van der Waals surface area contributed by atoms with Gasteiger partial charge in [0, 0.05) is 24.0 Å². The van der Waals surface area contributed by atoms with Crippen molar-refractivity contribution in [3.63, 3.8) is 0 Å². The smallest absolute Gasteiger partial charge is 0.242 e. The topological polar surface area (TPSA) is 64.7 Å². The van der Waals surface area contributed by atoms with E-state index in [-0.39, 0.29) is 18.5 Å². The van der Waals surface area contributed by atoms with Crippen LogP contribution in [0.2, 0.25) is 0 Å².